The smallest absolute Gasteiger partial charge is 0.305 e. The number of aliphatic hydroxyl groups excluding tert-OH is 2. The van der Waals surface area contributed by atoms with Crippen molar-refractivity contribution in [2.45, 2.75) is 398 Å². The van der Waals surface area contributed by atoms with Gasteiger partial charge in [-0.2, -0.15) is 0 Å². The van der Waals surface area contributed by atoms with Crippen molar-refractivity contribution in [1.82, 2.24) is 5.32 Å². The minimum Gasteiger partial charge on any atom is -0.466 e. The maximum absolute atomic E-state index is 12.5. The second-order valence-corrected chi connectivity index (χ2v) is 23.5. The number of esters is 1. The first-order valence-corrected chi connectivity index (χ1v) is 33.9. The standard InChI is InChI=1S/C68H133NO5/c1-3-5-7-9-11-13-15-17-19-20-21-22-23-26-29-33-36-40-44-48-52-56-60-66(71)65(64-70)69-67(72)61-57-53-49-45-41-37-34-30-27-24-25-28-31-35-39-43-47-51-55-59-63-74-68(73)62-58-54-50-46-42-38-32-18-16-14-12-10-8-6-4-2/h18,32,65-66,70-71H,3-17,19-31,33-64H2,1-2H3,(H,69,72)/b32-18-. The van der Waals surface area contributed by atoms with Crippen molar-refractivity contribution >= 4 is 11.9 Å². The summed E-state index contributed by atoms with van der Waals surface area (Å²) in [6.07, 6.45) is 78.1. The van der Waals surface area contributed by atoms with Gasteiger partial charge in [-0.3, -0.25) is 9.59 Å². The van der Waals surface area contributed by atoms with Crippen molar-refractivity contribution in [3.8, 4) is 0 Å². The fourth-order valence-electron chi connectivity index (χ4n) is 10.9. The van der Waals surface area contributed by atoms with E-state index in [0.717, 1.165) is 44.9 Å². The highest BCUT2D eigenvalue weighted by atomic mass is 16.5. The van der Waals surface area contributed by atoms with Crippen LogP contribution >= 0.6 is 0 Å². The van der Waals surface area contributed by atoms with Crippen LogP contribution < -0.4 is 5.32 Å². The summed E-state index contributed by atoms with van der Waals surface area (Å²) < 4.78 is 5.49. The maximum atomic E-state index is 12.5. The average molecular weight is 1040 g/mol. The molecule has 74 heavy (non-hydrogen) atoms. The Balaban J connectivity index is 3.39. The number of ether oxygens (including phenoxy) is 1. The summed E-state index contributed by atoms with van der Waals surface area (Å²) in [7, 11) is 0. The Morgan fingerprint density at radius 2 is 0.635 bits per heavy atom. The highest BCUT2D eigenvalue weighted by molar-refractivity contribution is 5.76. The molecule has 0 spiro atoms. The Labute approximate surface area is 463 Å². The zero-order valence-electron chi connectivity index (χ0n) is 50.4. The fourth-order valence-corrected chi connectivity index (χ4v) is 10.9. The number of allylic oxidation sites excluding steroid dienone is 2. The van der Waals surface area contributed by atoms with Gasteiger partial charge in [0.1, 0.15) is 0 Å². The highest BCUT2D eigenvalue weighted by Crippen LogP contribution is 2.19. The molecule has 0 bridgehead atoms. The molecule has 2 unspecified atom stereocenters. The summed E-state index contributed by atoms with van der Waals surface area (Å²) in [5, 5.41) is 23.4. The molecule has 0 aromatic rings. The van der Waals surface area contributed by atoms with E-state index in [4.69, 9.17) is 4.74 Å². The average Bonchev–Trinajstić information content (AvgIpc) is 3.40. The quantitative estimate of drug-likeness (QED) is 0.0320. The number of aliphatic hydroxyl groups is 2. The lowest BCUT2D eigenvalue weighted by Gasteiger charge is -2.22. The number of rotatable bonds is 64. The van der Waals surface area contributed by atoms with Gasteiger partial charge < -0.3 is 20.3 Å². The fraction of sp³-hybridized carbons (Fsp3) is 0.941. The van der Waals surface area contributed by atoms with Crippen LogP contribution in [0.3, 0.4) is 0 Å². The zero-order valence-corrected chi connectivity index (χ0v) is 50.4. The van der Waals surface area contributed by atoms with Crippen molar-refractivity contribution in [2.24, 2.45) is 0 Å². The minimum atomic E-state index is -0.666. The van der Waals surface area contributed by atoms with Crippen molar-refractivity contribution in [1.29, 1.82) is 0 Å². The monoisotopic (exact) mass is 1040 g/mol. The lowest BCUT2D eigenvalue weighted by atomic mass is 10.0. The Hall–Kier alpha value is -1.40. The molecule has 0 saturated carbocycles. The number of amides is 1. The van der Waals surface area contributed by atoms with Crippen LogP contribution in [0.5, 0.6) is 0 Å². The molecule has 0 aromatic heterocycles. The first kappa shape index (κ1) is 72.6. The van der Waals surface area contributed by atoms with Gasteiger partial charge in [0.05, 0.1) is 25.4 Å². The summed E-state index contributed by atoms with van der Waals surface area (Å²) in [6, 6.07) is -0.544. The summed E-state index contributed by atoms with van der Waals surface area (Å²) in [4.78, 5) is 24.6. The van der Waals surface area contributed by atoms with Gasteiger partial charge in [0.2, 0.25) is 5.91 Å². The number of hydrogen-bond donors (Lipinski definition) is 3. The molecule has 0 aliphatic carbocycles. The molecule has 0 rings (SSSR count). The normalized spacial score (nSPS) is 12.5. The summed E-state index contributed by atoms with van der Waals surface area (Å²) in [5.74, 6) is -0.0283. The largest absolute Gasteiger partial charge is 0.466 e. The van der Waals surface area contributed by atoms with Gasteiger partial charge in [-0.1, -0.05) is 334 Å². The molecular formula is C68H133NO5. The third-order valence-corrected chi connectivity index (χ3v) is 16.1. The van der Waals surface area contributed by atoms with Crippen LogP contribution in [-0.2, 0) is 14.3 Å². The molecule has 0 fully saturated rings. The van der Waals surface area contributed by atoms with Crippen LogP contribution in [0.2, 0.25) is 0 Å². The van der Waals surface area contributed by atoms with Crippen LogP contribution in [0.25, 0.3) is 0 Å². The predicted molar refractivity (Wildman–Crippen MR) is 324 cm³/mol. The highest BCUT2D eigenvalue weighted by Gasteiger charge is 2.20. The lowest BCUT2D eigenvalue weighted by Crippen LogP contribution is -2.45. The molecule has 0 radical (unpaired) electrons. The van der Waals surface area contributed by atoms with Crippen molar-refractivity contribution < 1.29 is 24.5 Å². The van der Waals surface area contributed by atoms with Crippen LogP contribution in [-0.4, -0.2) is 47.4 Å². The van der Waals surface area contributed by atoms with Gasteiger partial charge in [0.25, 0.3) is 0 Å². The van der Waals surface area contributed by atoms with Crippen molar-refractivity contribution in [3.63, 3.8) is 0 Å². The van der Waals surface area contributed by atoms with E-state index < -0.39 is 12.1 Å². The number of carbonyl (C=O) groups excluding carboxylic acids is 2. The molecule has 0 aromatic carbocycles. The first-order chi connectivity index (χ1) is 36.5. The third-order valence-electron chi connectivity index (χ3n) is 16.1. The Morgan fingerprint density at radius 1 is 0.365 bits per heavy atom. The third kappa shape index (κ3) is 59.8. The van der Waals surface area contributed by atoms with Gasteiger partial charge in [-0.05, 0) is 51.4 Å². The van der Waals surface area contributed by atoms with E-state index in [9.17, 15) is 19.8 Å². The molecule has 6 heteroatoms. The molecule has 0 saturated heterocycles. The molecule has 0 aliphatic rings. The molecule has 1 amide bonds. The second kappa shape index (κ2) is 64.1. The number of hydrogen-bond acceptors (Lipinski definition) is 5. The van der Waals surface area contributed by atoms with Crippen LogP contribution in [0, 0.1) is 0 Å². The Bertz CT molecular complexity index is 1110. The van der Waals surface area contributed by atoms with E-state index in [0.29, 0.717) is 25.9 Å². The van der Waals surface area contributed by atoms with E-state index in [1.165, 1.54) is 308 Å². The molecule has 0 heterocycles. The SMILES string of the molecule is CCCCCCCC/C=C\CCCCCCCC(=O)OCCCCCCCCCCCCCCCCCCCCCCC(=O)NC(CO)C(O)CCCCCCCCCCCCCCCCCCCCCCCC. The molecule has 0 aliphatic heterocycles. The summed E-state index contributed by atoms with van der Waals surface area (Å²) >= 11 is 0. The van der Waals surface area contributed by atoms with Crippen LogP contribution in [0.4, 0.5) is 0 Å². The van der Waals surface area contributed by atoms with E-state index in [1.54, 1.807) is 0 Å². The molecule has 440 valence electrons. The predicted octanol–water partition coefficient (Wildman–Crippen LogP) is 21.6. The van der Waals surface area contributed by atoms with Crippen molar-refractivity contribution in [3.05, 3.63) is 12.2 Å². The molecule has 3 N–H and O–H groups in total. The lowest BCUT2D eigenvalue weighted by molar-refractivity contribution is -0.143. The van der Waals surface area contributed by atoms with Crippen molar-refractivity contribution in [2.75, 3.05) is 13.2 Å². The minimum absolute atomic E-state index is 0.00394. The molecule has 6 nitrogen and oxygen atoms in total. The van der Waals surface area contributed by atoms with E-state index in [2.05, 4.69) is 31.3 Å². The topological polar surface area (TPSA) is 95.9 Å². The Morgan fingerprint density at radius 3 is 0.959 bits per heavy atom. The van der Waals surface area contributed by atoms with E-state index >= 15 is 0 Å². The van der Waals surface area contributed by atoms with Crippen LogP contribution in [0.15, 0.2) is 12.2 Å². The zero-order chi connectivity index (χ0) is 53.6. The van der Waals surface area contributed by atoms with Gasteiger partial charge in [-0.15, -0.1) is 0 Å². The number of carbonyl (C=O) groups is 2. The van der Waals surface area contributed by atoms with Crippen LogP contribution in [0.1, 0.15) is 386 Å². The second-order valence-electron chi connectivity index (χ2n) is 23.5. The summed E-state index contributed by atoms with van der Waals surface area (Å²) in [6.45, 7) is 4.98. The molecule has 2 atom stereocenters. The van der Waals surface area contributed by atoms with Gasteiger partial charge >= 0.3 is 5.97 Å². The summed E-state index contributed by atoms with van der Waals surface area (Å²) in [5.41, 5.74) is 0. The first-order valence-electron chi connectivity index (χ1n) is 33.9. The van der Waals surface area contributed by atoms with Gasteiger partial charge in [0.15, 0.2) is 0 Å². The van der Waals surface area contributed by atoms with E-state index in [1.807, 2.05) is 0 Å². The van der Waals surface area contributed by atoms with E-state index in [-0.39, 0.29) is 18.5 Å². The Kier molecular flexibility index (Phi) is 62.9. The molecular weight excluding hydrogens is 911 g/mol. The number of nitrogens with one attached hydrogen (secondary N) is 1. The number of unbranched alkanes of at least 4 members (excludes halogenated alkanes) is 51. The maximum Gasteiger partial charge on any atom is 0.305 e. The van der Waals surface area contributed by atoms with Gasteiger partial charge in [-0.25, -0.2) is 0 Å². The van der Waals surface area contributed by atoms with Gasteiger partial charge in [0, 0.05) is 12.8 Å².